The molecule has 2 N–H and O–H groups in total. The fourth-order valence-electron chi connectivity index (χ4n) is 2.76. The highest BCUT2D eigenvalue weighted by molar-refractivity contribution is 6.33. The molecule has 28 heavy (non-hydrogen) atoms. The normalized spacial score (nSPS) is 17.8. The Hall–Kier alpha value is -2.03. The molecule has 1 aliphatic heterocycles. The van der Waals surface area contributed by atoms with E-state index in [4.69, 9.17) is 11.6 Å². The van der Waals surface area contributed by atoms with E-state index < -0.39 is 17.3 Å². The van der Waals surface area contributed by atoms with Gasteiger partial charge in [-0.15, -0.1) is 0 Å². The highest BCUT2D eigenvalue weighted by atomic mass is 35.5. The summed E-state index contributed by atoms with van der Waals surface area (Å²) in [6, 6.07) is 0.614. The van der Waals surface area contributed by atoms with Gasteiger partial charge in [0.25, 0.3) is 0 Å². The minimum Gasteiger partial charge on any atom is -0.353 e. The Balaban J connectivity index is 2.00. The molecule has 1 unspecified atom stereocenters. The first-order valence-electron chi connectivity index (χ1n) is 8.92. The first-order valence-corrected chi connectivity index (χ1v) is 9.29. The monoisotopic (exact) mass is 420 g/mol. The standard InChI is InChI=1S/C18H24ClF3N4O2/c1-10(2)15(27)25-17(3,4)16(28)24-12-5-6-26(9-12)14-13(19)7-11(8-23-14)18(20,21)22/h7-8,10,12H,5-6,9H2,1-4H3,(H,24,28)(H,25,27). The van der Waals surface area contributed by atoms with E-state index in [1.54, 1.807) is 32.6 Å². The third kappa shape index (κ3) is 5.27. The van der Waals surface area contributed by atoms with E-state index in [0.717, 1.165) is 12.3 Å². The summed E-state index contributed by atoms with van der Waals surface area (Å²) in [6.45, 7) is 7.55. The van der Waals surface area contributed by atoms with Gasteiger partial charge < -0.3 is 15.5 Å². The van der Waals surface area contributed by atoms with Gasteiger partial charge in [-0.2, -0.15) is 13.2 Å². The van der Waals surface area contributed by atoms with Crippen LogP contribution in [0.15, 0.2) is 12.3 Å². The Morgan fingerprint density at radius 1 is 1.32 bits per heavy atom. The second kappa shape index (κ2) is 8.14. The molecule has 0 spiro atoms. The lowest BCUT2D eigenvalue weighted by molar-refractivity contribution is -0.137. The molecule has 156 valence electrons. The highest BCUT2D eigenvalue weighted by Gasteiger charge is 2.35. The summed E-state index contributed by atoms with van der Waals surface area (Å²) < 4.78 is 38.2. The summed E-state index contributed by atoms with van der Waals surface area (Å²) in [5.41, 5.74) is -1.99. The van der Waals surface area contributed by atoms with Gasteiger partial charge in [-0.05, 0) is 26.3 Å². The third-order valence-electron chi connectivity index (χ3n) is 4.50. The molecule has 1 saturated heterocycles. The summed E-state index contributed by atoms with van der Waals surface area (Å²) in [5.74, 6) is -0.561. The maximum atomic E-state index is 12.7. The van der Waals surface area contributed by atoms with E-state index >= 15 is 0 Å². The van der Waals surface area contributed by atoms with Crippen LogP contribution >= 0.6 is 11.6 Å². The van der Waals surface area contributed by atoms with Crippen molar-refractivity contribution in [2.75, 3.05) is 18.0 Å². The number of hydrogen-bond donors (Lipinski definition) is 2. The first kappa shape index (κ1) is 22.3. The number of pyridine rings is 1. The van der Waals surface area contributed by atoms with Crippen LogP contribution in [-0.4, -0.2) is 41.5 Å². The van der Waals surface area contributed by atoms with Crippen molar-refractivity contribution in [3.8, 4) is 0 Å². The second-order valence-corrected chi connectivity index (χ2v) is 8.11. The van der Waals surface area contributed by atoms with E-state index in [2.05, 4.69) is 15.6 Å². The van der Waals surface area contributed by atoms with Crippen molar-refractivity contribution in [3.63, 3.8) is 0 Å². The average molecular weight is 421 g/mol. The van der Waals surface area contributed by atoms with Crippen molar-refractivity contribution in [2.45, 2.75) is 51.9 Å². The molecule has 0 aliphatic carbocycles. The maximum absolute atomic E-state index is 12.7. The summed E-state index contributed by atoms with van der Waals surface area (Å²) in [7, 11) is 0. The molecule has 1 aromatic heterocycles. The van der Waals surface area contributed by atoms with Gasteiger partial charge in [0.1, 0.15) is 11.4 Å². The molecule has 1 fully saturated rings. The van der Waals surface area contributed by atoms with Crippen molar-refractivity contribution in [1.29, 1.82) is 0 Å². The van der Waals surface area contributed by atoms with Crippen molar-refractivity contribution in [2.24, 2.45) is 5.92 Å². The lowest BCUT2D eigenvalue weighted by atomic mass is 10.0. The topological polar surface area (TPSA) is 74.3 Å². The van der Waals surface area contributed by atoms with Crippen molar-refractivity contribution in [1.82, 2.24) is 15.6 Å². The molecule has 1 aliphatic rings. The van der Waals surface area contributed by atoms with E-state index in [-0.39, 0.29) is 34.6 Å². The quantitative estimate of drug-likeness (QED) is 0.768. The SMILES string of the molecule is CC(C)C(=O)NC(C)(C)C(=O)NC1CCN(c2ncc(C(F)(F)F)cc2Cl)C1. The molecule has 0 bridgehead atoms. The van der Waals surface area contributed by atoms with E-state index in [1.807, 2.05) is 0 Å². The van der Waals surface area contributed by atoms with Gasteiger partial charge in [-0.1, -0.05) is 25.4 Å². The number of nitrogens with zero attached hydrogens (tertiary/aromatic N) is 2. The zero-order valence-electron chi connectivity index (χ0n) is 16.2. The largest absolute Gasteiger partial charge is 0.417 e. The van der Waals surface area contributed by atoms with Gasteiger partial charge in [0.15, 0.2) is 0 Å². The van der Waals surface area contributed by atoms with Crippen molar-refractivity contribution < 1.29 is 22.8 Å². The number of alkyl halides is 3. The summed E-state index contributed by atoms with van der Waals surface area (Å²) in [5, 5.41) is 5.48. The van der Waals surface area contributed by atoms with Crippen LogP contribution in [0.5, 0.6) is 0 Å². The van der Waals surface area contributed by atoms with Crippen LogP contribution in [0.25, 0.3) is 0 Å². The molecule has 2 heterocycles. The molecule has 1 aromatic rings. The average Bonchev–Trinajstić information content (AvgIpc) is 3.01. The Morgan fingerprint density at radius 2 is 1.96 bits per heavy atom. The van der Waals surface area contributed by atoms with Gasteiger partial charge in [0.05, 0.1) is 10.6 Å². The number of nitrogens with one attached hydrogen (secondary N) is 2. The minimum atomic E-state index is -4.51. The lowest BCUT2D eigenvalue weighted by Crippen LogP contribution is -2.57. The fourth-order valence-corrected chi connectivity index (χ4v) is 3.05. The van der Waals surface area contributed by atoms with Gasteiger partial charge in [-0.25, -0.2) is 4.98 Å². The number of rotatable bonds is 5. The molecule has 2 rings (SSSR count). The molecule has 10 heteroatoms. The van der Waals surface area contributed by atoms with Gasteiger partial charge in [0.2, 0.25) is 11.8 Å². The number of halogens is 4. The molecular weight excluding hydrogens is 397 g/mol. The van der Waals surface area contributed by atoms with Crippen molar-refractivity contribution >= 4 is 29.2 Å². The van der Waals surface area contributed by atoms with Crippen LogP contribution in [0.2, 0.25) is 5.02 Å². The van der Waals surface area contributed by atoms with Crippen LogP contribution in [0, 0.1) is 5.92 Å². The number of hydrogen-bond acceptors (Lipinski definition) is 4. The Kier molecular flexibility index (Phi) is 6.48. The van der Waals surface area contributed by atoms with Crippen LogP contribution in [0.1, 0.15) is 39.7 Å². The number of carbonyl (C=O) groups excluding carboxylic acids is 2. The van der Waals surface area contributed by atoms with E-state index in [0.29, 0.717) is 19.5 Å². The smallest absolute Gasteiger partial charge is 0.353 e. The molecule has 0 radical (unpaired) electrons. The van der Waals surface area contributed by atoms with Gasteiger partial charge in [-0.3, -0.25) is 9.59 Å². The summed E-state index contributed by atoms with van der Waals surface area (Å²) in [4.78, 5) is 30.0. The van der Waals surface area contributed by atoms with Gasteiger partial charge in [0, 0.05) is 31.2 Å². The number of anilines is 1. The van der Waals surface area contributed by atoms with Crippen LogP contribution in [0.3, 0.4) is 0 Å². The zero-order chi connectivity index (χ0) is 21.3. The number of amides is 2. The predicted octanol–water partition coefficient (Wildman–Crippen LogP) is 3.00. The zero-order valence-corrected chi connectivity index (χ0v) is 16.9. The number of aromatic nitrogens is 1. The van der Waals surface area contributed by atoms with E-state index in [1.165, 1.54) is 0 Å². The lowest BCUT2D eigenvalue weighted by Gasteiger charge is -2.28. The number of carbonyl (C=O) groups is 2. The minimum absolute atomic E-state index is 0.0914. The fraction of sp³-hybridized carbons (Fsp3) is 0.611. The molecule has 0 saturated carbocycles. The summed E-state index contributed by atoms with van der Waals surface area (Å²) >= 11 is 5.99. The predicted molar refractivity (Wildman–Crippen MR) is 100 cm³/mol. The van der Waals surface area contributed by atoms with Gasteiger partial charge >= 0.3 is 6.18 Å². The Labute approximate surface area is 166 Å². The van der Waals surface area contributed by atoms with E-state index in [9.17, 15) is 22.8 Å². The van der Waals surface area contributed by atoms with Crippen LogP contribution in [-0.2, 0) is 15.8 Å². The summed E-state index contributed by atoms with van der Waals surface area (Å²) in [6.07, 6.45) is -3.18. The third-order valence-corrected chi connectivity index (χ3v) is 4.78. The molecule has 1 atom stereocenters. The second-order valence-electron chi connectivity index (χ2n) is 7.70. The Morgan fingerprint density at radius 3 is 2.50 bits per heavy atom. The molecule has 6 nitrogen and oxygen atoms in total. The molecular formula is C18H24ClF3N4O2. The first-order chi connectivity index (χ1) is 12.8. The molecule has 0 aromatic carbocycles. The highest BCUT2D eigenvalue weighted by Crippen LogP contribution is 2.34. The van der Waals surface area contributed by atoms with Crippen molar-refractivity contribution in [3.05, 3.63) is 22.8 Å². The van der Waals surface area contributed by atoms with Crippen LogP contribution < -0.4 is 15.5 Å². The molecule has 2 amide bonds. The Bertz CT molecular complexity index is 753. The van der Waals surface area contributed by atoms with Crippen LogP contribution in [0.4, 0.5) is 19.0 Å². The maximum Gasteiger partial charge on any atom is 0.417 e.